The van der Waals surface area contributed by atoms with Gasteiger partial charge in [0.15, 0.2) is 0 Å². The van der Waals surface area contributed by atoms with Crippen LogP contribution in [-0.4, -0.2) is 59.4 Å². The molecule has 0 amide bonds. The molecular weight excluding hydrogens is 226 g/mol. The number of likely N-dealkylation sites (N-methyl/N-ethyl adjacent to an activating group) is 1. The molecule has 0 unspecified atom stereocenters. The van der Waals surface area contributed by atoms with Crippen LogP contribution < -0.4 is 5.73 Å². The lowest BCUT2D eigenvalue weighted by atomic mass is 10.2. The molecule has 0 radical (unpaired) electrons. The third-order valence-electron chi connectivity index (χ3n) is 3.96. The largest absolute Gasteiger partial charge is 0.326 e. The van der Waals surface area contributed by atoms with Crippen molar-refractivity contribution in [2.45, 2.75) is 26.9 Å². The molecule has 5 nitrogen and oxygen atoms in total. The molecule has 2 N–H and O–H groups in total. The van der Waals surface area contributed by atoms with Gasteiger partial charge in [-0.1, -0.05) is 0 Å². The molecule has 0 saturated carbocycles. The minimum atomic E-state index is 0.589. The maximum atomic E-state index is 5.75. The molecule has 1 aromatic rings. The summed E-state index contributed by atoms with van der Waals surface area (Å²) in [7, 11) is 2.19. The van der Waals surface area contributed by atoms with Crippen molar-refractivity contribution in [2.75, 3.05) is 39.8 Å². The second-order valence-electron chi connectivity index (χ2n) is 5.22. The lowest BCUT2D eigenvalue weighted by Gasteiger charge is -2.32. The first-order chi connectivity index (χ1) is 8.61. The number of aryl methyl sites for hydroxylation is 1. The summed E-state index contributed by atoms with van der Waals surface area (Å²) in [6.07, 6.45) is 0. The van der Waals surface area contributed by atoms with E-state index in [-0.39, 0.29) is 0 Å². The van der Waals surface area contributed by atoms with Gasteiger partial charge >= 0.3 is 0 Å². The van der Waals surface area contributed by atoms with E-state index in [1.165, 1.54) is 37.4 Å². The van der Waals surface area contributed by atoms with Crippen molar-refractivity contribution >= 4 is 0 Å². The third-order valence-corrected chi connectivity index (χ3v) is 3.96. The summed E-state index contributed by atoms with van der Waals surface area (Å²) in [4.78, 5) is 4.89. The number of piperazine rings is 1. The predicted octanol–water partition coefficient (Wildman–Crippen LogP) is 0.206. The van der Waals surface area contributed by atoms with Gasteiger partial charge in [0.1, 0.15) is 0 Å². The van der Waals surface area contributed by atoms with Gasteiger partial charge in [-0.15, -0.1) is 0 Å². The molecule has 1 aliphatic rings. The van der Waals surface area contributed by atoms with Crippen LogP contribution in [0, 0.1) is 13.8 Å². The van der Waals surface area contributed by atoms with Crippen molar-refractivity contribution in [3.8, 4) is 0 Å². The Morgan fingerprint density at radius 1 is 1.11 bits per heavy atom. The molecule has 0 spiro atoms. The Balaban J connectivity index is 1.90. The van der Waals surface area contributed by atoms with E-state index in [0.29, 0.717) is 6.54 Å². The number of hydrogen-bond acceptors (Lipinski definition) is 4. The van der Waals surface area contributed by atoms with E-state index in [9.17, 15) is 0 Å². The van der Waals surface area contributed by atoms with E-state index in [4.69, 9.17) is 5.73 Å². The second kappa shape index (κ2) is 5.82. The summed E-state index contributed by atoms with van der Waals surface area (Å²) in [5, 5.41) is 4.58. The molecule has 0 aromatic carbocycles. The minimum Gasteiger partial charge on any atom is -0.326 e. The zero-order valence-corrected chi connectivity index (χ0v) is 11.8. The van der Waals surface area contributed by atoms with Crippen LogP contribution in [0.4, 0.5) is 0 Å². The van der Waals surface area contributed by atoms with Gasteiger partial charge in [-0.2, -0.15) is 5.10 Å². The molecule has 0 aliphatic carbocycles. The van der Waals surface area contributed by atoms with Gasteiger partial charge in [-0.3, -0.25) is 9.58 Å². The summed E-state index contributed by atoms with van der Waals surface area (Å²) in [5.41, 5.74) is 9.26. The monoisotopic (exact) mass is 251 g/mol. The van der Waals surface area contributed by atoms with E-state index in [2.05, 4.69) is 33.6 Å². The van der Waals surface area contributed by atoms with Crippen molar-refractivity contribution in [3.63, 3.8) is 0 Å². The maximum Gasteiger partial charge on any atom is 0.0641 e. The van der Waals surface area contributed by atoms with Crippen molar-refractivity contribution < 1.29 is 0 Å². The van der Waals surface area contributed by atoms with E-state index < -0.39 is 0 Å². The average Bonchev–Trinajstić information content (AvgIpc) is 2.63. The summed E-state index contributed by atoms with van der Waals surface area (Å²) in [5.74, 6) is 0. The number of aromatic nitrogens is 2. The van der Waals surface area contributed by atoms with Gasteiger partial charge in [0.2, 0.25) is 0 Å². The van der Waals surface area contributed by atoms with Crippen molar-refractivity contribution in [1.29, 1.82) is 0 Å². The molecule has 0 atom stereocenters. The SMILES string of the molecule is Cc1nn(CCN2CCN(C)CC2)c(C)c1CN. The van der Waals surface area contributed by atoms with Gasteiger partial charge in [0.05, 0.1) is 12.2 Å². The molecular formula is C13H25N5. The van der Waals surface area contributed by atoms with Gasteiger partial charge < -0.3 is 10.6 Å². The lowest BCUT2D eigenvalue weighted by molar-refractivity contribution is 0.148. The molecule has 1 aromatic heterocycles. The Morgan fingerprint density at radius 2 is 1.78 bits per heavy atom. The summed E-state index contributed by atoms with van der Waals surface area (Å²) >= 11 is 0. The predicted molar refractivity (Wildman–Crippen MR) is 73.5 cm³/mol. The van der Waals surface area contributed by atoms with Crippen LogP contribution in [0.1, 0.15) is 17.0 Å². The topological polar surface area (TPSA) is 50.3 Å². The normalized spacial score (nSPS) is 18.4. The molecule has 2 heterocycles. The van der Waals surface area contributed by atoms with E-state index in [1.807, 2.05) is 6.92 Å². The van der Waals surface area contributed by atoms with Crippen LogP contribution in [0.15, 0.2) is 0 Å². The van der Waals surface area contributed by atoms with Crippen LogP contribution in [0.5, 0.6) is 0 Å². The molecule has 1 fully saturated rings. The first-order valence-corrected chi connectivity index (χ1v) is 6.75. The molecule has 2 rings (SSSR count). The van der Waals surface area contributed by atoms with Gasteiger partial charge in [-0.25, -0.2) is 0 Å². The fourth-order valence-corrected chi connectivity index (χ4v) is 2.55. The van der Waals surface area contributed by atoms with E-state index in [0.717, 1.165) is 18.8 Å². The zero-order valence-electron chi connectivity index (χ0n) is 11.8. The Labute approximate surface area is 110 Å². The molecule has 0 bridgehead atoms. The fraction of sp³-hybridized carbons (Fsp3) is 0.769. The number of hydrogen-bond donors (Lipinski definition) is 1. The van der Waals surface area contributed by atoms with Crippen LogP contribution in [0.2, 0.25) is 0 Å². The van der Waals surface area contributed by atoms with Crippen LogP contribution in [0.3, 0.4) is 0 Å². The van der Waals surface area contributed by atoms with Gasteiger partial charge in [0, 0.05) is 50.5 Å². The van der Waals surface area contributed by atoms with Gasteiger partial charge in [0.25, 0.3) is 0 Å². The molecule has 102 valence electrons. The van der Waals surface area contributed by atoms with Crippen molar-refractivity contribution in [1.82, 2.24) is 19.6 Å². The average molecular weight is 251 g/mol. The molecule has 1 aliphatic heterocycles. The Hall–Kier alpha value is -0.910. The van der Waals surface area contributed by atoms with Crippen LogP contribution in [0.25, 0.3) is 0 Å². The van der Waals surface area contributed by atoms with Crippen LogP contribution >= 0.6 is 0 Å². The lowest BCUT2D eigenvalue weighted by Crippen LogP contribution is -2.45. The van der Waals surface area contributed by atoms with Gasteiger partial charge in [-0.05, 0) is 20.9 Å². The highest BCUT2D eigenvalue weighted by atomic mass is 15.3. The fourth-order valence-electron chi connectivity index (χ4n) is 2.55. The zero-order chi connectivity index (χ0) is 13.1. The number of rotatable bonds is 4. The van der Waals surface area contributed by atoms with E-state index in [1.54, 1.807) is 0 Å². The number of nitrogens with two attached hydrogens (primary N) is 1. The smallest absolute Gasteiger partial charge is 0.0641 e. The van der Waals surface area contributed by atoms with Crippen molar-refractivity contribution in [2.24, 2.45) is 5.73 Å². The van der Waals surface area contributed by atoms with Crippen molar-refractivity contribution in [3.05, 3.63) is 17.0 Å². The number of nitrogens with zero attached hydrogens (tertiary/aromatic N) is 4. The highest BCUT2D eigenvalue weighted by Gasteiger charge is 2.15. The molecule has 1 saturated heterocycles. The quantitative estimate of drug-likeness (QED) is 0.831. The molecule has 18 heavy (non-hydrogen) atoms. The second-order valence-corrected chi connectivity index (χ2v) is 5.22. The Morgan fingerprint density at radius 3 is 2.33 bits per heavy atom. The minimum absolute atomic E-state index is 0.589. The maximum absolute atomic E-state index is 5.75. The Bertz CT molecular complexity index is 390. The van der Waals surface area contributed by atoms with E-state index >= 15 is 0 Å². The first kappa shape index (κ1) is 13.5. The standard InChI is InChI=1S/C13H25N5/c1-11-13(10-14)12(2)18(15-11)9-8-17-6-4-16(3)5-7-17/h4-10,14H2,1-3H3. The summed E-state index contributed by atoms with van der Waals surface area (Å²) in [6.45, 7) is 11.5. The summed E-state index contributed by atoms with van der Waals surface area (Å²) in [6, 6.07) is 0. The van der Waals surface area contributed by atoms with Crippen LogP contribution in [-0.2, 0) is 13.1 Å². The first-order valence-electron chi connectivity index (χ1n) is 6.75. The molecule has 5 heteroatoms. The highest BCUT2D eigenvalue weighted by Crippen LogP contribution is 2.12. The Kier molecular flexibility index (Phi) is 4.37. The summed E-state index contributed by atoms with van der Waals surface area (Å²) < 4.78 is 2.11. The third kappa shape index (κ3) is 2.91. The highest BCUT2D eigenvalue weighted by molar-refractivity contribution is 5.23.